The highest BCUT2D eigenvalue weighted by molar-refractivity contribution is 5.72. The van der Waals surface area contributed by atoms with E-state index in [2.05, 4.69) is 35.2 Å². The van der Waals surface area contributed by atoms with Gasteiger partial charge in [-0.25, -0.2) is 0 Å². The second kappa shape index (κ2) is 4.66. The predicted molar refractivity (Wildman–Crippen MR) is 77.3 cm³/mol. The Morgan fingerprint density at radius 2 is 2.00 bits per heavy atom. The van der Waals surface area contributed by atoms with Crippen molar-refractivity contribution in [2.45, 2.75) is 12.8 Å². The van der Waals surface area contributed by atoms with Gasteiger partial charge in [0.05, 0.1) is 11.3 Å². The van der Waals surface area contributed by atoms with Crippen LogP contribution in [-0.4, -0.2) is 6.54 Å². The first-order chi connectivity index (χ1) is 9.29. The molecule has 0 aliphatic carbocycles. The summed E-state index contributed by atoms with van der Waals surface area (Å²) in [6.45, 7) is 0.988. The van der Waals surface area contributed by atoms with Gasteiger partial charge in [-0.15, -0.1) is 0 Å². The van der Waals surface area contributed by atoms with Gasteiger partial charge < -0.3 is 10.6 Å². The lowest BCUT2D eigenvalue weighted by molar-refractivity contribution is 0.767. The average molecular weight is 249 g/mol. The fourth-order valence-electron chi connectivity index (χ4n) is 2.62. The molecule has 2 aromatic carbocycles. The molecule has 0 aromatic heterocycles. The molecule has 1 aliphatic rings. The van der Waals surface area contributed by atoms with Gasteiger partial charge in [0.15, 0.2) is 0 Å². The number of benzene rings is 2. The Morgan fingerprint density at radius 3 is 2.79 bits per heavy atom. The van der Waals surface area contributed by atoms with Gasteiger partial charge in [0, 0.05) is 17.9 Å². The first-order valence-corrected chi connectivity index (χ1v) is 6.44. The molecule has 94 valence electrons. The highest BCUT2D eigenvalue weighted by Crippen LogP contribution is 2.34. The number of nitrogen functional groups attached to an aromatic ring is 1. The molecule has 2 aromatic rings. The fourth-order valence-corrected chi connectivity index (χ4v) is 2.62. The van der Waals surface area contributed by atoms with Crippen molar-refractivity contribution in [2.75, 3.05) is 17.2 Å². The third-order valence-corrected chi connectivity index (χ3v) is 3.58. The summed E-state index contributed by atoms with van der Waals surface area (Å²) in [5.74, 6) is 0. The maximum atomic E-state index is 8.93. The summed E-state index contributed by atoms with van der Waals surface area (Å²) in [7, 11) is 0. The van der Waals surface area contributed by atoms with Crippen LogP contribution >= 0.6 is 0 Å². The number of aryl methyl sites for hydroxylation is 1. The smallest absolute Gasteiger partial charge is 0.101 e. The fraction of sp³-hybridized carbons (Fsp3) is 0.188. The van der Waals surface area contributed by atoms with Crippen LogP contribution in [0.25, 0.3) is 0 Å². The van der Waals surface area contributed by atoms with Crippen LogP contribution in [0.2, 0.25) is 0 Å². The van der Waals surface area contributed by atoms with Crippen LogP contribution in [0.1, 0.15) is 17.5 Å². The van der Waals surface area contributed by atoms with Gasteiger partial charge in [-0.2, -0.15) is 5.26 Å². The molecule has 0 unspecified atom stereocenters. The van der Waals surface area contributed by atoms with Crippen molar-refractivity contribution in [1.82, 2.24) is 0 Å². The van der Waals surface area contributed by atoms with Crippen molar-refractivity contribution in [3.63, 3.8) is 0 Å². The molecule has 0 saturated heterocycles. The third-order valence-electron chi connectivity index (χ3n) is 3.58. The summed E-state index contributed by atoms with van der Waals surface area (Å²) in [5, 5.41) is 8.93. The summed E-state index contributed by atoms with van der Waals surface area (Å²) in [6, 6.07) is 16.2. The van der Waals surface area contributed by atoms with Gasteiger partial charge in [0.2, 0.25) is 0 Å². The highest BCUT2D eigenvalue weighted by Gasteiger charge is 2.18. The molecule has 1 heterocycles. The number of nitrogens with zero attached hydrogens (tertiary/aromatic N) is 2. The summed E-state index contributed by atoms with van der Waals surface area (Å²) in [4.78, 5) is 2.27. The van der Waals surface area contributed by atoms with Gasteiger partial charge in [0.1, 0.15) is 6.07 Å². The molecule has 0 atom stereocenters. The van der Waals surface area contributed by atoms with Crippen LogP contribution in [0, 0.1) is 11.3 Å². The van der Waals surface area contributed by atoms with E-state index in [1.54, 1.807) is 6.07 Å². The molecule has 19 heavy (non-hydrogen) atoms. The molecular formula is C16H15N3. The van der Waals surface area contributed by atoms with E-state index in [9.17, 15) is 0 Å². The Bertz CT molecular complexity index is 655. The topological polar surface area (TPSA) is 53.0 Å². The molecular weight excluding hydrogens is 234 g/mol. The first kappa shape index (κ1) is 11.6. The number of nitrogens with two attached hydrogens (primary N) is 1. The van der Waals surface area contributed by atoms with Crippen molar-refractivity contribution in [2.24, 2.45) is 0 Å². The highest BCUT2D eigenvalue weighted by atomic mass is 15.1. The summed E-state index contributed by atoms with van der Waals surface area (Å²) >= 11 is 0. The second-order valence-electron chi connectivity index (χ2n) is 4.77. The number of rotatable bonds is 1. The van der Waals surface area contributed by atoms with Crippen molar-refractivity contribution in [3.05, 3.63) is 53.6 Å². The standard InChI is InChI=1S/C16H15N3/c17-11-13-7-8-14(10-15(13)18)19-9-3-5-12-4-1-2-6-16(12)19/h1-2,4,6-8,10H,3,5,9,18H2. The van der Waals surface area contributed by atoms with Crippen LogP contribution in [0.4, 0.5) is 17.1 Å². The monoisotopic (exact) mass is 249 g/mol. The molecule has 3 heteroatoms. The molecule has 0 saturated carbocycles. The van der Waals surface area contributed by atoms with Gasteiger partial charge in [-0.05, 0) is 42.7 Å². The lowest BCUT2D eigenvalue weighted by Crippen LogP contribution is -2.24. The maximum Gasteiger partial charge on any atom is 0.101 e. The number of hydrogen-bond donors (Lipinski definition) is 1. The van der Waals surface area contributed by atoms with Crippen LogP contribution in [-0.2, 0) is 6.42 Å². The van der Waals surface area contributed by atoms with Crippen molar-refractivity contribution in [1.29, 1.82) is 5.26 Å². The normalized spacial score (nSPS) is 13.7. The van der Waals surface area contributed by atoms with Gasteiger partial charge in [-0.3, -0.25) is 0 Å². The van der Waals surface area contributed by atoms with Gasteiger partial charge >= 0.3 is 0 Å². The van der Waals surface area contributed by atoms with E-state index >= 15 is 0 Å². The molecule has 0 radical (unpaired) electrons. The zero-order chi connectivity index (χ0) is 13.2. The Kier molecular flexibility index (Phi) is 2.85. The second-order valence-corrected chi connectivity index (χ2v) is 4.77. The van der Waals surface area contributed by atoms with E-state index in [0.29, 0.717) is 11.3 Å². The Labute approximate surface area is 112 Å². The van der Waals surface area contributed by atoms with Crippen LogP contribution < -0.4 is 10.6 Å². The van der Waals surface area contributed by atoms with Crippen LogP contribution in [0.15, 0.2) is 42.5 Å². The minimum absolute atomic E-state index is 0.536. The molecule has 1 aliphatic heterocycles. The number of fused-ring (bicyclic) bond motifs is 1. The minimum atomic E-state index is 0.536. The van der Waals surface area contributed by atoms with Crippen molar-refractivity contribution in [3.8, 4) is 6.07 Å². The van der Waals surface area contributed by atoms with E-state index in [0.717, 1.165) is 25.1 Å². The first-order valence-electron chi connectivity index (χ1n) is 6.44. The van der Waals surface area contributed by atoms with Crippen molar-refractivity contribution < 1.29 is 0 Å². The largest absolute Gasteiger partial charge is 0.398 e. The molecule has 2 N–H and O–H groups in total. The molecule has 3 rings (SSSR count). The third kappa shape index (κ3) is 2.02. The Balaban J connectivity index is 2.05. The zero-order valence-electron chi connectivity index (χ0n) is 10.6. The summed E-state index contributed by atoms with van der Waals surface area (Å²) in [6.07, 6.45) is 2.26. The van der Waals surface area contributed by atoms with Crippen molar-refractivity contribution >= 4 is 17.1 Å². The number of nitriles is 1. The quantitative estimate of drug-likeness (QED) is 0.789. The summed E-state index contributed by atoms with van der Waals surface area (Å²) < 4.78 is 0. The molecule has 0 spiro atoms. The predicted octanol–water partition coefficient (Wildman–Crippen LogP) is 3.22. The van der Waals surface area contributed by atoms with E-state index in [1.165, 1.54) is 11.3 Å². The molecule has 0 bridgehead atoms. The minimum Gasteiger partial charge on any atom is -0.398 e. The molecule has 0 fully saturated rings. The Hall–Kier alpha value is -2.47. The van der Waals surface area contributed by atoms with E-state index in [4.69, 9.17) is 11.0 Å². The molecule has 0 amide bonds. The van der Waals surface area contributed by atoms with E-state index in [1.807, 2.05) is 12.1 Å². The van der Waals surface area contributed by atoms with Gasteiger partial charge in [0.25, 0.3) is 0 Å². The summed E-state index contributed by atoms with van der Waals surface area (Å²) in [5.41, 5.74) is 10.7. The number of hydrogen-bond acceptors (Lipinski definition) is 3. The zero-order valence-corrected chi connectivity index (χ0v) is 10.6. The lowest BCUT2D eigenvalue weighted by Gasteiger charge is -2.31. The Morgan fingerprint density at radius 1 is 1.16 bits per heavy atom. The lowest BCUT2D eigenvalue weighted by atomic mass is 10.0. The molecule has 3 nitrogen and oxygen atoms in total. The SMILES string of the molecule is N#Cc1ccc(N2CCCc3ccccc32)cc1N. The van der Waals surface area contributed by atoms with Crippen LogP contribution in [0.3, 0.4) is 0 Å². The van der Waals surface area contributed by atoms with Gasteiger partial charge in [-0.1, -0.05) is 18.2 Å². The van der Waals surface area contributed by atoms with E-state index in [-0.39, 0.29) is 0 Å². The number of anilines is 3. The van der Waals surface area contributed by atoms with E-state index < -0.39 is 0 Å². The maximum absolute atomic E-state index is 8.93. The van der Waals surface area contributed by atoms with Crippen LogP contribution in [0.5, 0.6) is 0 Å². The average Bonchev–Trinajstić information content (AvgIpc) is 2.46. The number of para-hydroxylation sites is 1.